The molecule has 2 atom stereocenters. The van der Waals surface area contributed by atoms with E-state index < -0.39 is 0 Å². The molecule has 1 rings (SSSR count). The Morgan fingerprint density at radius 1 is 1.47 bits per heavy atom. The Labute approximate surface area is 92.3 Å². The molecule has 2 N–H and O–H groups in total. The van der Waals surface area contributed by atoms with Crippen molar-refractivity contribution in [1.82, 2.24) is 5.32 Å². The lowest BCUT2D eigenvalue weighted by Gasteiger charge is -2.15. The van der Waals surface area contributed by atoms with Gasteiger partial charge in [-0.1, -0.05) is 20.3 Å². The van der Waals surface area contributed by atoms with Crippen LogP contribution in [0.5, 0.6) is 0 Å². The lowest BCUT2D eigenvalue weighted by molar-refractivity contribution is -0.121. The largest absolute Gasteiger partial charge is 0.393 e. The first kappa shape index (κ1) is 12.5. The topological polar surface area (TPSA) is 49.3 Å². The van der Waals surface area contributed by atoms with Crippen LogP contribution in [0.25, 0.3) is 0 Å². The maximum absolute atomic E-state index is 11.4. The maximum Gasteiger partial charge on any atom is 0.220 e. The number of carbonyl (C=O) groups excluding carboxylic acids is 1. The minimum absolute atomic E-state index is 0.128. The molecule has 0 spiro atoms. The zero-order chi connectivity index (χ0) is 11.3. The van der Waals surface area contributed by atoms with E-state index in [0.717, 1.165) is 25.7 Å². The maximum atomic E-state index is 11.4. The van der Waals surface area contributed by atoms with Crippen LogP contribution in [0.1, 0.15) is 46.0 Å². The van der Waals surface area contributed by atoms with Crippen molar-refractivity contribution in [2.45, 2.75) is 52.1 Å². The fraction of sp³-hybridized carbons (Fsp3) is 0.917. The third-order valence-electron chi connectivity index (χ3n) is 3.13. The third kappa shape index (κ3) is 4.65. The zero-order valence-corrected chi connectivity index (χ0v) is 9.83. The van der Waals surface area contributed by atoms with E-state index in [0.29, 0.717) is 18.9 Å². The van der Waals surface area contributed by atoms with Crippen molar-refractivity contribution >= 4 is 5.91 Å². The second kappa shape index (κ2) is 6.11. The van der Waals surface area contributed by atoms with Crippen LogP contribution in [0.2, 0.25) is 0 Å². The van der Waals surface area contributed by atoms with Crippen LogP contribution in [-0.4, -0.2) is 23.7 Å². The molecule has 0 aliphatic heterocycles. The van der Waals surface area contributed by atoms with E-state index in [1.54, 1.807) is 0 Å². The molecule has 0 aromatic carbocycles. The second-order valence-corrected chi connectivity index (χ2v) is 4.99. The van der Waals surface area contributed by atoms with Gasteiger partial charge in [-0.15, -0.1) is 0 Å². The highest BCUT2D eigenvalue weighted by molar-refractivity contribution is 5.75. The monoisotopic (exact) mass is 213 g/mol. The average molecular weight is 213 g/mol. The molecule has 1 aliphatic carbocycles. The SMILES string of the molecule is CC(C)CCC(=O)NCC1CCCC1O. The standard InChI is InChI=1S/C12H23NO2/c1-9(2)6-7-12(15)13-8-10-4-3-5-11(10)14/h9-11,14H,3-8H2,1-2H3,(H,13,15). The van der Waals surface area contributed by atoms with Crippen LogP contribution in [0, 0.1) is 11.8 Å². The summed E-state index contributed by atoms with van der Waals surface area (Å²) >= 11 is 0. The first-order chi connectivity index (χ1) is 7.09. The molecule has 0 aromatic rings. The lowest BCUT2D eigenvalue weighted by atomic mass is 10.1. The molecule has 1 aliphatic rings. The van der Waals surface area contributed by atoms with Crippen LogP contribution in [-0.2, 0) is 4.79 Å². The van der Waals surface area contributed by atoms with E-state index in [2.05, 4.69) is 19.2 Å². The van der Waals surface area contributed by atoms with Crippen LogP contribution in [0.4, 0.5) is 0 Å². The minimum Gasteiger partial charge on any atom is -0.393 e. The molecule has 88 valence electrons. The molecule has 0 radical (unpaired) electrons. The summed E-state index contributed by atoms with van der Waals surface area (Å²) in [4.78, 5) is 11.4. The van der Waals surface area contributed by atoms with E-state index >= 15 is 0 Å². The molecular formula is C12H23NO2. The quantitative estimate of drug-likeness (QED) is 0.730. The number of hydrogen-bond donors (Lipinski definition) is 2. The number of aliphatic hydroxyl groups is 1. The van der Waals surface area contributed by atoms with Crippen LogP contribution >= 0.6 is 0 Å². The summed E-state index contributed by atoms with van der Waals surface area (Å²) in [6.07, 6.45) is 4.39. The van der Waals surface area contributed by atoms with Crippen molar-refractivity contribution in [2.24, 2.45) is 11.8 Å². The summed E-state index contributed by atoms with van der Waals surface area (Å²) in [5.74, 6) is 0.989. The summed E-state index contributed by atoms with van der Waals surface area (Å²) in [5, 5.41) is 12.5. The van der Waals surface area contributed by atoms with Crippen LogP contribution in [0.3, 0.4) is 0 Å². The van der Waals surface area contributed by atoms with E-state index in [9.17, 15) is 9.90 Å². The Hall–Kier alpha value is -0.570. The van der Waals surface area contributed by atoms with E-state index in [1.165, 1.54) is 0 Å². The predicted octanol–water partition coefficient (Wildman–Crippen LogP) is 1.70. The van der Waals surface area contributed by atoms with E-state index in [4.69, 9.17) is 0 Å². The Morgan fingerprint density at radius 2 is 2.20 bits per heavy atom. The highest BCUT2D eigenvalue weighted by Gasteiger charge is 2.25. The number of hydrogen-bond acceptors (Lipinski definition) is 2. The summed E-state index contributed by atoms with van der Waals surface area (Å²) in [6.45, 7) is 4.89. The third-order valence-corrected chi connectivity index (χ3v) is 3.13. The number of amides is 1. The average Bonchev–Trinajstić information content (AvgIpc) is 2.58. The Morgan fingerprint density at radius 3 is 2.73 bits per heavy atom. The van der Waals surface area contributed by atoms with Crippen molar-refractivity contribution in [3.05, 3.63) is 0 Å². The molecule has 1 fully saturated rings. The molecule has 0 bridgehead atoms. The summed E-state index contributed by atoms with van der Waals surface area (Å²) in [7, 11) is 0. The second-order valence-electron chi connectivity index (χ2n) is 4.99. The highest BCUT2D eigenvalue weighted by Crippen LogP contribution is 2.24. The number of rotatable bonds is 5. The number of aliphatic hydroxyl groups excluding tert-OH is 1. The molecule has 15 heavy (non-hydrogen) atoms. The fourth-order valence-electron chi connectivity index (χ4n) is 2.01. The van der Waals surface area contributed by atoms with Gasteiger partial charge < -0.3 is 10.4 Å². The van der Waals surface area contributed by atoms with Gasteiger partial charge in [0.05, 0.1) is 6.10 Å². The van der Waals surface area contributed by atoms with Gasteiger partial charge in [0, 0.05) is 18.9 Å². The fourth-order valence-corrected chi connectivity index (χ4v) is 2.01. The van der Waals surface area contributed by atoms with Gasteiger partial charge in [0.2, 0.25) is 5.91 Å². The van der Waals surface area contributed by atoms with Crippen molar-refractivity contribution in [3.63, 3.8) is 0 Å². The molecule has 3 heteroatoms. The van der Waals surface area contributed by atoms with Gasteiger partial charge in [-0.2, -0.15) is 0 Å². The highest BCUT2D eigenvalue weighted by atomic mass is 16.3. The van der Waals surface area contributed by atoms with Gasteiger partial charge in [-0.05, 0) is 25.2 Å². The summed E-state index contributed by atoms with van der Waals surface area (Å²) in [6, 6.07) is 0. The van der Waals surface area contributed by atoms with E-state index in [-0.39, 0.29) is 17.9 Å². The Bertz CT molecular complexity index is 204. The molecule has 1 saturated carbocycles. The molecule has 0 aromatic heterocycles. The van der Waals surface area contributed by atoms with Crippen molar-refractivity contribution in [1.29, 1.82) is 0 Å². The minimum atomic E-state index is -0.199. The van der Waals surface area contributed by atoms with Gasteiger partial charge in [0.25, 0.3) is 0 Å². The van der Waals surface area contributed by atoms with Crippen molar-refractivity contribution in [2.75, 3.05) is 6.54 Å². The summed E-state index contributed by atoms with van der Waals surface area (Å²) < 4.78 is 0. The Kier molecular flexibility index (Phi) is 5.09. The molecule has 3 nitrogen and oxygen atoms in total. The number of carbonyl (C=O) groups is 1. The summed E-state index contributed by atoms with van der Waals surface area (Å²) in [5.41, 5.74) is 0. The first-order valence-electron chi connectivity index (χ1n) is 6.04. The molecular weight excluding hydrogens is 190 g/mol. The van der Waals surface area contributed by atoms with Gasteiger partial charge in [-0.3, -0.25) is 4.79 Å². The van der Waals surface area contributed by atoms with Gasteiger partial charge >= 0.3 is 0 Å². The molecule has 0 saturated heterocycles. The van der Waals surface area contributed by atoms with Crippen molar-refractivity contribution in [3.8, 4) is 0 Å². The lowest BCUT2D eigenvalue weighted by Crippen LogP contribution is -2.32. The van der Waals surface area contributed by atoms with Crippen LogP contribution in [0.15, 0.2) is 0 Å². The molecule has 1 amide bonds. The van der Waals surface area contributed by atoms with Gasteiger partial charge in [0.1, 0.15) is 0 Å². The van der Waals surface area contributed by atoms with E-state index in [1.807, 2.05) is 0 Å². The molecule has 0 heterocycles. The predicted molar refractivity (Wildman–Crippen MR) is 60.4 cm³/mol. The molecule has 2 unspecified atom stereocenters. The first-order valence-corrected chi connectivity index (χ1v) is 6.04. The Balaban J connectivity index is 2.11. The van der Waals surface area contributed by atoms with Crippen LogP contribution < -0.4 is 5.32 Å². The zero-order valence-electron chi connectivity index (χ0n) is 9.83. The van der Waals surface area contributed by atoms with Gasteiger partial charge in [0.15, 0.2) is 0 Å². The van der Waals surface area contributed by atoms with Gasteiger partial charge in [-0.25, -0.2) is 0 Å². The van der Waals surface area contributed by atoms with Crippen molar-refractivity contribution < 1.29 is 9.90 Å². The normalized spacial score (nSPS) is 25.9. The number of nitrogens with one attached hydrogen (secondary N) is 1. The smallest absolute Gasteiger partial charge is 0.220 e.